The van der Waals surface area contributed by atoms with Crippen LogP contribution in [0.2, 0.25) is 0 Å². The van der Waals surface area contributed by atoms with Gasteiger partial charge in [-0.1, -0.05) is 48.5 Å². The summed E-state index contributed by atoms with van der Waals surface area (Å²) < 4.78 is 27.6. The lowest BCUT2D eigenvalue weighted by Gasteiger charge is -2.18. The van der Waals surface area contributed by atoms with Crippen LogP contribution < -0.4 is 5.32 Å². The second-order valence-corrected chi connectivity index (χ2v) is 8.73. The van der Waals surface area contributed by atoms with Crippen LogP contribution in [-0.2, 0) is 27.8 Å². The number of rotatable bonds is 8. The van der Waals surface area contributed by atoms with E-state index < -0.39 is 16.1 Å². The molecule has 1 atom stereocenters. The number of tetrazole rings is 1. The first-order valence-corrected chi connectivity index (χ1v) is 10.4. The van der Waals surface area contributed by atoms with Crippen LogP contribution in [0.1, 0.15) is 17.2 Å². The molecule has 1 unspecified atom stereocenters. The highest BCUT2D eigenvalue weighted by Gasteiger charge is 2.24. The van der Waals surface area contributed by atoms with E-state index >= 15 is 0 Å². The fourth-order valence-corrected chi connectivity index (χ4v) is 3.97. The second-order valence-electron chi connectivity index (χ2n) is 6.61. The Balaban J connectivity index is 1.80. The summed E-state index contributed by atoms with van der Waals surface area (Å²) >= 11 is 0. The van der Waals surface area contributed by atoms with E-state index in [1.165, 1.54) is 31.2 Å². The first-order chi connectivity index (χ1) is 13.9. The van der Waals surface area contributed by atoms with Gasteiger partial charge < -0.3 is 5.32 Å². The van der Waals surface area contributed by atoms with Crippen molar-refractivity contribution in [2.24, 2.45) is 0 Å². The average Bonchev–Trinajstić information content (AvgIpc) is 3.25. The summed E-state index contributed by atoms with van der Waals surface area (Å²) in [6.07, 6.45) is 1.78. The molecule has 0 radical (unpaired) electrons. The summed E-state index contributed by atoms with van der Waals surface area (Å²) in [5.41, 5.74) is 1.46. The number of nitrogens with one attached hydrogen (secondary N) is 1. The van der Waals surface area contributed by atoms with E-state index in [4.69, 9.17) is 0 Å². The molecule has 0 saturated heterocycles. The summed E-state index contributed by atoms with van der Waals surface area (Å²) in [6.45, 7) is 0.0650. The maximum absolute atomic E-state index is 12.9. The van der Waals surface area contributed by atoms with Gasteiger partial charge in [0.05, 0.1) is 4.90 Å². The van der Waals surface area contributed by atoms with Gasteiger partial charge in [-0.25, -0.2) is 17.4 Å². The molecule has 0 spiro atoms. The highest BCUT2D eigenvalue weighted by atomic mass is 32.2. The van der Waals surface area contributed by atoms with Crippen molar-refractivity contribution in [2.45, 2.75) is 23.9 Å². The smallest absolute Gasteiger partial charge is 0.245 e. The van der Waals surface area contributed by atoms with Crippen molar-refractivity contribution in [1.82, 2.24) is 29.8 Å². The van der Waals surface area contributed by atoms with E-state index in [0.29, 0.717) is 12.0 Å². The van der Waals surface area contributed by atoms with Gasteiger partial charge in [0.15, 0.2) is 0 Å². The molecule has 0 aliphatic carbocycles. The molecule has 29 heavy (non-hydrogen) atoms. The van der Waals surface area contributed by atoms with Gasteiger partial charge in [0.25, 0.3) is 0 Å². The summed E-state index contributed by atoms with van der Waals surface area (Å²) in [7, 11) is -0.682. The fraction of sp³-hybridized carbons (Fsp3) is 0.263. The Hall–Kier alpha value is -3.11. The van der Waals surface area contributed by atoms with E-state index in [2.05, 4.69) is 20.8 Å². The third-order valence-corrected chi connectivity index (χ3v) is 6.36. The van der Waals surface area contributed by atoms with Gasteiger partial charge in [0, 0.05) is 27.1 Å². The molecule has 0 aliphatic heterocycles. The summed E-state index contributed by atoms with van der Waals surface area (Å²) in [5, 5.41) is 13.9. The SMILES string of the molecule is CN(C)S(=O)(=O)c1ccccc1CNC(=O)C(Cc1ccccc1)n1cnnn1. The molecule has 0 saturated carbocycles. The Morgan fingerprint density at radius 2 is 1.79 bits per heavy atom. The van der Waals surface area contributed by atoms with Crippen molar-refractivity contribution in [3.05, 3.63) is 72.1 Å². The Morgan fingerprint density at radius 3 is 2.45 bits per heavy atom. The number of hydrogen-bond acceptors (Lipinski definition) is 6. The molecule has 1 amide bonds. The predicted octanol–water partition coefficient (Wildman–Crippen LogP) is 1.02. The van der Waals surface area contributed by atoms with Crippen molar-refractivity contribution >= 4 is 15.9 Å². The lowest BCUT2D eigenvalue weighted by Crippen LogP contribution is -2.34. The van der Waals surface area contributed by atoms with Crippen molar-refractivity contribution in [3.8, 4) is 0 Å². The molecule has 0 fully saturated rings. The molecule has 2 aromatic carbocycles. The quantitative estimate of drug-likeness (QED) is 0.589. The number of sulfonamides is 1. The second kappa shape index (κ2) is 8.93. The standard InChI is InChI=1S/C19H22N6O3S/c1-24(2)29(27,28)18-11-7-6-10-16(18)13-20-19(26)17(25-14-21-22-23-25)12-15-8-4-3-5-9-15/h3-11,14,17H,12-13H2,1-2H3,(H,20,26). The molecule has 3 rings (SSSR count). The minimum atomic E-state index is -3.62. The van der Waals surface area contributed by atoms with Crippen molar-refractivity contribution in [1.29, 1.82) is 0 Å². The normalized spacial score (nSPS) is 12.7. The highest BCUT2D eigenvalue weighted by molar-refractivity contribution is 7.89. The van der Waals surface area contributed by atoms with Gasteiger partial charge in [0.2, 0.25) is 15.9 Å². The number of carbonyl (C=O) groups excluding carboxylic acids is 1. The van der Waals surface area contributed by atoms with Crippen LogP contribution in [0.15, 0.2) is 65.8 Å². The minimum Gasteiger partial charge on any atom is -0.350 e. The van der Waals surface area contributed by atoms with E-state index in [0.717, 1.165) is 9.87 Å². The molecule has 0 aliphatic rings. The topological polar surface area (TPSA) is 110 Å². The molecule has 1 heterocycles. The molecule has 152 valence electrons. The van der Waals surface area contributed by atoms with E-state index in [1.54, 1.807) is 18.2 Å². The molecule has 1 N–H and O–H groups in total. The first-order valence-electron chi connectivity index (χ1n) is 8.94. The van der Waals surface area contributed by atoms with Crippen molar-refractivity contribution in [2.75, 3.05) is 14.1 Å². The fourth-order valence-electron chi connectivity index (χ4n) is 2.85. The third kappa shape index (κ3) is 4.84. The van der Waals surface area contributed by atoms with Crippen LogP contribution in [0, 0.1) is 0 Å². The number of amides is 1. The van der Waals surface area contributed by atoms with Crippen LogP contribution in [0.4, 0.5) is 0 Å². The van der Waals surface area contributed by atoms with Crippen LogP contribution in [0.25, 0.3) is 0 Å². The number of carbonyl (C=O) groups is 1. The van der Waals surface area contributed by atoms with Gasteiger partial charge in [-0.15, -0.1) is 5.10 Å². The highest BCUT2D eigenvalue weighted by Crippen LogP contribution is 2.19. The number of nitrogens with zero attached hydrogens (tertiary/aromatic N) is 5. The summed E-state index contributed by atoms with van der Waals surface area (Å²) in [5.74, 6) is -0.307. The molecule has 10 heteroatoms. The van der Waals surface area contributed by atoms with Crippen LogP contribution in [-0.4, -0.2) is 52.9 Å². The van der Waals surface area contributed by atoms with Gasteiger partial charge >= 0.3 is 0 Å². The van der Waals surface area contributed by atoms with E-state index in [9.17, 15) is 13.2 Å². The van der Waals surface area contributed by atoms with Gasteiger partial charge in [0.1, 0.15) is 12.4 Å². The molecular formula is C19H22N6O3S. The lowest BCUT2D eigenvalue weighted by atomic mass is 10.1. The Kier molecular flexibility index (Phi) is 6.35. The number of benzene rings is 2. The van der Waals surface area contributed by atoms with Gasteiger partial charge in [-0.3, -0.25) is 4.79 Å². The monoisotopic (exact) mass is 414 g/mol. The number of aromatic nitrogens is 4. The van der Waals surface area contributed by atoms with Gasteiger partial charge in [-0.05, 0) is 27.6 Å². The zero-order valence-corrected chi connectivity index (χ0v) is 17.0. The van der Waals surface area contributed by atoms with Crippen LogP contribution in [0.3, 0.4) is 0 Å². The molecule has 1 aromatic heterocycles. The molecule has 0 bridgehead atoms. The molecule has 9 nitrogen and oxygen atoms in total. The lowest BCUT2D eigenvalue weighted by molar-refractivity contribution is -0.124. The summed E-state index contributed by atoms with van der Waals surface area (Å²) in [4.78, 5) is 13.1. The maximum Gasteiger partial charge on any atom is 0.245 e. The number of hydrogen-bond donors (Lipinski definition) is 1. The largest absolute Gasteiger partial charge is 0.350 e. The average molecular weight is 414 g/mol. The minimum absolute atomic E-state index is 0.0650. The zero-order chi connectivity index (χ0) is 20.9. The van der Waals surface area contributed by atoms with Crippen molar-refractivity contribution in [3.63, 3.8) is 0 Å². The van der Waals surface area contributed by atoms with Crippen LogP contribution >= 0.6 is 0 Å². The summed E-state index contributed by atoms with van der Waals surface area (Å²) in [6, 6.07) is 15.5. The Morgan fingerprint density at radius 1 is 1.10 bits per heavy atom. The Bertz CT molecular complexity index is 1050. The van der Waals surface area contributed by atoms with E-state index in [-0.39, 0.29) is 17.3 Å². The molecular weight excluding hydrogens is 392 g/mol. The van der Waals surface area contributed by atoms with Gasteiger partial charge in [-0.2, -0.15) is 0 Å². The van der Waals surface area contributed by atoms with E-state index in [1.807, 2.05) is 30.3 Å². The predicted molar refractivity (Wildman–Crippen MR) is 106 cm³/mol. The first kappa shape index (κ1) is 20.6. The van der Waals surface area contributed by atoms with Crippen LogP contribution in [0.5, 0.6) is 0 Å². The van der Waals surface area contributed by atoms with Crippen molar-refractivity contribution < 1.29 is 13.2 Å². The zero-order valence-electron chi connectivity index (χ0n) is 16.1. The Labute approximate surface area is 169 Å². The molecule has 3 aromatic rings. The third-order valence-electron chi connectivity index (χ3n) is 4.44. The maximum atomic E-state index is 12.9.